The maximum Gasteiger partial charge on any atom is 0.322 e. The summed E-state index contributed by atoms with van der Waals surface area (Å²) in [5.74, 6) is 0.207. The van der Waals surface area contributed by atoms with E-state index in [-0.39, 0.29) is 43.0 Å². The van der Waals surface area contributed by atoms with E-state index < -0.39 is 10.0 Å². The number of piperazine rings is 1. The molecule has 160 valence electrons. The van der Waals surface area contributed by atoms with Gasteiger partial charge in [0.25, 0.3) is 0 Å². The van der Waals surface area contributed by atoms with E-state index in [1.807, 2.05) is 0 Å². The van der Waals surface area contributed by atoms with Gasteiger partial charge in [0.1, 0.15) is 10.6 Å². The number of ether oxygens (including phenoxy) is 1. The number of anilines is 2. The molecule has 0 spiro atoms. The highest BCUT2D eigenvalue weighted by atomic mass is 32.2. The predicted molar refractivity (Wildman–Crippen MR) is 111 cm³/mol. The molecule has 3 amide bonds. The van der Waals surface area contributed by atoms with Crippen LogP contribution in [0.4, 0.5) is 16.2 Å². The average molecular weight is 433 g/mol. The highest BCUT2D eigenvalue weighted by molar-refractivity contribution is 7.89. The van der Waals surface area contributed by atoms with Gasteiger partial charge in [0.05, 0.1) is 12.8 Å². The lowest BCUT2D eigenvalue weighted by atomic mass is 10.2. The van der Waals surface area contributed by atoms with Crippen LogP contribution in [-0.2, 0) is 14.8 Å². The van der Waals surface area contributed by atoms with Crippen LogP contribution in [0.1, 0.15) is 6.92 Å². The lowest BCUT2D eigenvalue weighted by molar-refractivity contribution is -0.114. The first-order valence-corrected chi connectivity index (χ1v) is 10.7. The first-order chi connectivity index (χ1) is 14.3. The minimum atomic E-state index is -3.65. The molecule has 11 heteroatoms. The largest absolute Gasteiger partial charge is 0.495 e. The molecule has 1 saturated heterocycles. The summed E-state index contributed by atoms with van der Waals surface area (Å²) in [6.07, 6.45) is 2.82. The summed E-state index contributed by atoms with van der Waals surface area (Å²) in [7, 11) is -2.17. The summed E-state index contributed by atoms with van der Waals surface area (Å²) in [6, 6.07) is 7.58. The fourth-order valence-electron chi connectivity index (χ4n) is 3.06. The van der Waals surface area contributed by atoms with Crippen LogP contribution in [0.2, 0.25) is 0 Å². The normalized spacial score (nSPS) is 14.8. The fourth-order valence-corrected chi connectivity index (χ4v) is 4.45. The number of rotatable bonds is 5. The van der Waals surface area contributed by atoms with Gasteiger partial charge in [-0.05, 0) is 30.3 Å². The molecule has 1 aliphatic heterocycles. The van der Waals surface area contributed by atoms with Crippen LogP contribution in [0, 0.1) is 0 Å². The van der Waals surface area contributed by atoms with E-state index in [2.05, 4.69) is 15.6 Å². The molecule has 0 atom stereocenters. The Morgan fingerprint density at radius 3 is 2.43 bits per heavy atom. The number of hydrogen-bond acceptors (Lipinski definition) is 6. The summed E-state index contributed by atoms with van der Waals surface area (Å²) in [5.41, 5.74) is 0.921. The van der Waals surface area contributed by atoms with Gasteiger partial charge in [-0.1, -0.05) is 0 Å². The van der Waals surface area contributed by atoms with Crippen LogP contribution in [0.3, 0.4) is 0 Å². The van der Waals surface area contributed by atoms with Crippen molar-refractivity contribution < 1.29 is 22.7 Å². The Bertz CT molecular complexity index is 1020. The van der Waals surface area contributed by atoms with Gasteiger partial charge in [-0.15, -0.1) is 0 Å². The Kier molecular flexibility index (Phi) is 6.53. The molecule has 2 heterocycles. The lowest BCUT2D eigenvalue weighted by Crippen LogP contribution is -2.51. The number of nitrogens with one attached hydrogen (secondary N) is 2. The molecule has 1 fully saturated rings. The minimum absolute atomic E-state index is 0.127. The second-order valence-corrected chi connectivity index (χ2v) is 8.54. The number of carbonyl (C=O) groups is 2. The SMILES string of the molecule is COc1ccc(NC(C)=O)cc1NC(=O)N1CCN(S(=O)(=O)c2cccnc2)CC1. The Labute approximate surface area is 174 Å². The smallest absolute Gasteiger partial charge is 0.322 e. The topological polar surface area (TPSA) is 121 Å². The molecule has 3 rings (SSSR count). The zero-order chi connectivity index (χ0) is 21.7. The second-order valence-electron chi connectivity index (χ2n) is 6.61. The van der Waals surface area contributed by atoms with Crippen molar-refractivity contribution in [2.75, 3.05) is 43.9 Å². The molecule has 30 heavy (non-hydrogen) atoms. The van der Waals surface area contributed by atoms with E-state index in [0.29, 0.717) is 17.1 Å². The summed E-state index contributed by atoms with van der Waals surface area (Å²) in [6.45, 7) is 2.21. The summed E-state index contributed by atoms with van der Waals surface area (Å²) < 4.78 is 32.0. The quantitative estimate of drug-likeness (QED) is 0.739. The monoisotopic (exact) mass is 433 g/mol. The van der Waals surface area contributed by atoms with E-state index in [9.17, 15) is 18.0 Å². The molecule has 1 aliphatic rings. The average Bonchev–Trinajstić information content (AvgIpc) is 2.74. The van der Waals surface area contributed by atoms with Gasteiger partial charge in [-0.25, -0.2) is 13.2 Å². The number of nitrogens with zero attached hydrogens (tertiary/aromatic N) is 3. The maximum atomic E-state index is 12.7. The van der Waals surface area contributed by atoms with Crippen molar-refractivity contribution >= 4 is 33.3 Å². The number of aromatic nitrogens is 1. The molecule has 0 saturated carbocycles. The molecule has 1 aromatic heterocycles. The third kappa shape index (κ3) is 4.86. The number of methoxy groups -OCH3 is 1. The Hall–Kier alpha value is -3.18. The van der Waals surface area contributed by atoms with Crippen molar-refractivity contribution in [1.82, 2.24) is 14.2 Å². The second kappa shape index (κ2) is 9.09. The molecule has 0 radical (unpaired) electrons. The van der Waals surface area contributed by atoms with E-state index >= 15 is 0 Å². The van der Waals surface area contributed by atoms with Gasteiger partial charge in [0.2, 0.25) is 15.9 Å². The highest BCUT2D eigenvalue weighted by Gasteiger charge is 2.30. The third-order valence-corrected chi connectivity index (χ3v) is 6.44. The van der Waals surface area contributed by atoms with Crippen LogP contribution in [0.5, 0.6) is 5.75 Å². The summed E-state index contributed by atoms with van der Waals surface area (Å²) in [5, 5.41) is 5.41. The van der Waals surface area contributed by atoms with Gasteiger partial charge < -0.3 is 20.3 Å². The third-order valence-electron chi connectivity index (χ3n) is 4.56. The molecule has 2 aromatic rings. The number of carbonyl (C=O) groups excluding carboxylic acids is 2. The lowest BCUT2D eigenvalue weighted by Gasteiger charge is -2.34. The van der Waals surface area contributed by atoms with Crippen molar-refractivity contribution in [3.05, 3.63) is 42.7 Å². The number of benzene rings is 1. The van der Waals surface area contributed by atoms with Gasteiger partial charge >= 0.3 is 6.03 Å². The Morgan fingerprint density at radius 2 is 1.83 bits per heavy atom. The van der Waals surface area contributed by atoms with Crippen LogP contribution in [0.15, 0.2) is 47.6 Å². The van der Waals surface area contributed by atoms with E-state index in [0.717, 1.165) is 0 Å². The van der Waals surface area contributed by atoms with Crippen LogP contribution < -0.4 is 15.4 Å². The van der Waals surface area contributed by atoms with Crippen molar-refractivity contribution in [2.45, 2.75) is 11.8 Å². The number of urea groups is 1. The minimum Gasteiger partial charge on any atom is -0.495 e. The maximum absolute atomic E-state index is 12.7. The number of pyridine rings is 1. The molecule has 0 bridgehead atoms. The van der Waals surface area contributed by atoms with Crippen LogP contribution in [0.25, 0.3) is 0 Å². The van der Waals surface area contributed by atoms with E-state index in [4.69, 9.17) is 4.74 Å². The van der Waals surface area contributed by atoms with Gasteiger partial charge in [-0.3, -0.25) is 9.78 Å². The first-order valence-electron chi connectivity index (χ1n) is 9.23. The number of amides is 3. The standard InChI is InChI=1S/C19H23N5O5S/c1-14(25)21-15-5-6-18(29-2)17(12-15)22-19(26)23-8-10-24(11-9-23)30(27,28)16-4-3-7-20-13-16/h3-7,12-13H,8-11H2,1-2H3,(H,21,25)(H,22,26). The number of sulfonamides is 1. The van der Waals surface area contributed by atoms with Crippen LogP contribution >= 0.6 is 0 Å². The van der Waals surface area contributed by atoms with Gasteiger partial charge in [-0.2, -0.15) is 4.31 Å². The number of hydrogen-bond donors (Lipinski definition) is 2. The molecule has 0 aliphatic carbocycles. The van der Waals surface area contributed by atoms with Crippen molar-refractivity contribution in [3.63, 3.8) is 0 Å². The van der Waals surface area contributed by atoms with Crippen molar-refractivity contribution in [1.29, 1.82) is 0 Å². The van der Waals surface area contributed by atoms with Gasteiger partial charge in [0, 0.05) is 51.2 Å². The molecular formula is C19H23N5O5S. The van der Waals surface area contributed by atoms with Crippen molar-refractivity contribution in [2.24, 2.45) is 0 Å². The summed E-state index contributed by atoms with van der Waals surface area (Å²) in [4.78, 5) is 29.5. The molecular weight excluding hydrogens is 410 g/mol. The highest BCUT2D eigenvalue weighted by Crippen LogP contribution is 2.28. The van der Waals surface area contributed by atoms with Crippen LogP contribution in [-0.4, -0.2) is 67.8 Å². The molecule has 10 nitrogen and oxygen atoms in total. The van der Waals surface area contributed by atoms with Gasteiger partial charge in [0.15, 0.2) is 0 Å². The van der Waals surface area contributed by atoms with E-state index in [1.54, 1.807) is 24.3 Å². The van der Waals surface area contributed by atoms with E-state index in [1.165, 1.54) is 41.7 Å². The molecule has 0 unspecified atom stereocenters. The Balaban J connectivity index is 1.65. The fraction of sp³-hybridized carbons (Fsp3) is 0.316. The summed E-state index contributed by atoms with van der Waals surface area (Å²) >= 11 is 0. The molecule has 1 aromatic carbocycles. The first kappa shape index (κ1) is 21.5. The Morgan fingerprint density at radius 1 is 1.10 bits per heavy atom. The zero-order valence-corrected chi connectivity index (χ0v) is 17.5. The van der Waals surface area contributed by atoms with Crippen molar-refractivity contribution in [3.8, 4) is 5.75 Å². The molecule has 2 N–H and O–H groups in total. The zero-order valence-electron chi connectivity index (χ0n) is 16.7. The predicted octanol–water partition coefficient (Wildman–Crippen LogP) is 1.59.